The Kier molecular flexibility index (Phi) is 3.61. The number of likely N-dealkylation sites (tertiary alicyclic amines) is 1. The van der Waals surface area contributed by atoms with Crippen molar-refractivity contribution in [3.8, 4) is 0 Å². The van der Waals surface area contributed by atoms with E-state index in [0.717, 1.165) is 19.5 Å². The van der Waals surface area contributed by atoms with E-state index in [1.165, 1.54) is 12.8 Å². The fourth-order valence-corrected chi connectivity index (χ4v) is 2.71. The molecule has 2 fully saturated rings. The number of hydrogen-bond acceptors (Lipinski definition) is 4. The largest absolute Gasteiger partial charge is 0.395 e. The molecule has 4 atom stereocenters. The summed E-state index contributed by atoms with van der Waals surface area (Å²) in [4.78, 5) is 2.32. The number of morpholine rings is 1. The Morgan fingerprint density at radius 2 is 2.00 bits per heavy atom. The molecule has 0 amide bonds. The second-order valence-electron chi connectivity index (χ2n) is 4.73. The predicted octanol–water partition coefficient (Wildman–Crippen LogP) is -0.0522. The van der Waals surface area contributed by atoms with Gasteiger partial charge in [-0.25, -0.2) is 0 Å². The van der Waals surface area contributed by atoms with E-state index < -0.39 is 0 Å². The maximum Gasteiger partial charge on any atom is 0.0707 e. The molecule has 0 saturated carbocycles. The summed E-state index contributed by atoms with van der Waals surface area (Å²) in [5, 5.41) is 9.41. The van der Waals surface area contributed by atoms with Crippen LogP contribution in [0.1, 0.15) is 26.2 Å². The zero-order chi connectivity index (χ0) is 10.8. The Morgan fingerprint density at radius 1 is 1.40 bits per heavy atom. The Bertz CT molecular complexity index is 201. The van der Waals surface area contributed by atoms with Gasteiger partial charge in [0.1, 0.15) is 0 Å². The minimum absolute atomic E-state index is 0.0764. The SMILES string of the molecule is CCC(N)C(CO)N1CC2CCC(C1)O2. The fourth-order valence-electron chi connectivity index (χ4n) is 2.71. The topological polar surface area (TPSA) is 58.7 Å². The highest BCUT2D eigenvalue weighted by Crippen LogP contribution is 2.27. The van der Waals surface area contributed by atoms with E-state index >= 15 is 0 Å². The maximum absolute atomic E-state index is 9.41. The molecule has 2 rings (SSSR count). The van der Waals surface area contributed by atoms with Gasteiger partial charge in [0.25, 0.3) is 0 Å². The van der Waals surface area contributed by atoms with Crippen LogP contribution in [0, 0.1) is 0 Å². The zero-order valence-corrected chi connectivity index (χ0v) is 9.43. The summed E-state index contributed by atoms with van der Waals surface area (Å²) in [5.41, 5.74) is 6.03. The highest BCUT2D eigenvalue weighted by atomic mass is 16.5. The molecular formula is C11H22N2O2. The summed E-state index contributed by atoms with van der Waals surface area (Å²) < 4.78 is 5.77. The molecule has 0 radical (unpaired) electrons. The maximum atomic E-state index is 9.41. The lowest BCUT2D eigenvalue weighted by molar-refractivity contribution is -0.0634. The third-order valence-electron chi connectivity index (χ3n) is 3.69. The lowest BCUT2D eigenvalue weighted by Gasteiger charge is -2.39. The van der Waals surface area contributed by atoms with Gasteiger partial charge in [-0.1, -0.05) is 6.92 Å². The van der Waals surface area contributed by atoms with Crippen molar-refractivity contribution in [2.45, 2.75) is 50.5 Å². The molecule has 3 N–H and O–H groups in total. The van der Waals surface area contributed by atoms with Crippen molar-refractivity contribution in [3.05, 3.63) is 0 Å². The van der Waals surface area contributed by atoms with Crippen molar-refractivity contribution >= 4 is 0 Å². The highest BCUT2D eigenvalue weighted by Gasteiger charge is 2.37. The van der Waals surface area contributed by atoms with Gasteiger partial charge >= 0.3 is 0 Å². The molecule has 88 valence electrons. The Morgan fingerprint density at radius 3 is 2.47 bits per heavy atom. The van der Waals surface area contributed by atoms with Crippen LogP contribution < -0.4 is 5.73 Å². The van der Waals surface area contributed by atoms with E-state index in [-0.39, 0.29) is 18.7 Å². The lowest BCUT2D eigenvalue weighted by Crippen LogP contribution is -2.55. The van der Waals surface area contributed by atoms with Crippen molar-refractivity contribution in [2.75, 3.05) is 19.7 Å². The van der Waals surface area contributed by atoms with Crippen LogP contribution >= 0.6 is 0 Å². The molecule has 4 unspecified atom stereocenters. The molecule has 15 heavy (non-hydrogen) atoms. The summed E-state index contributed by atoms with van der Waals surface area (Å²) in [6, 6.07) is 0.189. The predicted molar refractivity (Wildman–Crippen MR) is 58.6 cm³/mol. The second-order valence-corrected chi connectivity index (χ2v) is 4.73. The average Bonchev–Trinajstić information content (AvgIpc) is 2.59. The highest BCUT2D eigenvalue weighted by molar-refractivity contribution is 4.91. The monoisotopic (exact) mass is 214 g/mol. The third kappa shape index (κ3) is 2.33. The average molecular weight is 214 g/mol. The van der Waals surface area contributed by atoms with E-state index in [4.69, 9.17) is 10.5 Å². The summed E-state index contributed by atoms with van der Waals surface area (Å²) in [5.74, 6) is 0. The molecule has 2 saturated heterocycles. The van der Waals surface area contributed by atoms with E-state index in [9.17, 15) is 5.11 Å². The van der Waals surface area contributed by atoms with Crippen LogP contribution in [0.4, 0.5) is 0 Å². The minimum atomic E-state index is 0.0764. The molecule has 2 bridgehead atoms. The zero-order valence-electron chi connectivity index (χ0n) is 9.43. The molecule has 2 heterocycles. The number of rotatable bonds is 4. The summed E-state index contributed by atoms with van der Waals surface area (Å²) in [6.07, 6.45) is 4.00. The lowest BCUT2D eigenvalue weighted by atomic mass is 10.0. The van der Waals surface area contributed by atoms with Crippen molar-refractivity contribution in [2.24, 2.45) is 5.73 Å². The van der Waals surface area contributed by atoms with Gasteiger partial charge in [0.2, 0.25) is 0 Å². The van der Waals surface area contributed by atoms with E-state index in [0.29, 0.717) is 12.2 Å². The smallest absolute Gasteiger partial charge is 0.0707 e. The van der Waals surface area contributed by atoms with Gasteiger partial charge in [0.05, 0.1) is 18.8 Å². The third-order valence-corrected chi connectivity index (χ3v) is 3.69. The number of aliphatic hydroxyl groups is 1. The number of nitrogens with two attached hydrogens (primary N) is 1. The van der Waals surface area contributed by atoms with Gasteiger partial charge in [-0.05, 0) is 19.3 Å². The molecule has 2 aliphatic rings. The van der Waals surface area contributed by atoms with Crippen LogP contribution in [0.25, 0.3) is 0 Å². The van der Waals surface area contributed by atoms with Crippen LogP contribution in [0.3, 0.4) is 0 Å². The van der Waals surface area contributed by atoms with E-state index in [1.807, 2.05) is 0 Å². The van der Waals surface area contributed by atoms with Crippen molar-refractivity contribution in [1.82, 2.24) is 4.90 Å². The molecule has 2 aliphatic heterocycles. The van der Waals surface area contributed by atoms with Gasteiger partial charge in [0, 0.05) is 25.2 Å². The molecular weight excluding hydrogens is 192 g/mol. The van der Waals surface area contributed by atoms with E-state index in [1.54, 1.807) is 0 Å². The first-order valence-electron chi connectivity index (χ1n) is 6.00. The normalized spacial score (nSPS) is 35.4. The molecule has 0 aromatic rings. The molecule has 0 aromatic heterocycles. The van der Waals surface area contributed by atoms with Crippen LogP contribution in [0.5, 0.6) is 0 Å². The van der Waals surface area contributed by atoms with Gasteiger partial charge in [0.15, 0.2) is 0 Å². The summed E-state index contributed by atoms with van der Waals surface area (Å²) in [7, 11) is 0. The second kappa shape index (κ2) is 4.78. The number of hydrogen-bond donors (Lipinski definition) is 2. The standard InChI is InChI=1S/C11H22N2O2/c1-2-10(12)11(7-14)13-5-8-3-4-9(6-13)15-8/h8-11,14H,2-7,12H2,1H3. The first kappa shape index (κ1) is 11.3. The number of nitrogens with zero attached hydrogens (tertiary/aromatic N) is 1. The van der Waals surface area contributed by atoms with Crippen molar-refractivity contribution < 1.29 is 9.84 Å². The van der Waals surface area contributed by atoms with Crippen LogP contribution in [0.2, 0.25) is 0 Å². The quantitative estimate of drug-likeness (QED) is 0.689. The Balaban J connectivity index is 1.96. The molecule has 4 heteroatoms. The molecule has 4 nitrogen and oxygen atoms in total. The van der Waals surface area contributed by atoms with Gasteiger partial charge < -0.3 is 15.6 Å². The Hall–Kier alpha value is -0.160. The summed E-state index contributed by atoms with van der Waals surface area (Å²) >= 11 is 0. The first-order chi connectivity index (χ1) is 7.24. The number of aliphatic hydroxyl groups excluding tert-OH is 1. The molecule has 0 spiro atoms. The van der Waals surface area contributed by atoms with Gasteiger partial charge in [-0.2, -0.15) is 0 Å². The Labute approximate surface area is 91.4 Å². The number of ether oxygens (including phenoxy) is 1. The molecule has 0 aliphatic carbocycles. The van der Waals surface area contributed by atoms with E-state index in [2.05, 4.69) is 11.8 Å². The molecule has 0 aromatic carbocycles. The minimum Gasteiger partial charge on any atom is -0.395 e. The fraction of sp³-hybridized carbons (Fsp3) is 1.00. The van der Waals surface area contributed by atoms with Gasteiger partial charge in [-0.3, -0.25) is 4.90 Å². The number of fused-ring (bicyclic) bond motifs is 2. The van der Waals surface area contributed by atoms with Crippen molar-refractivity contribution in [1.29, 1.82) is 0 Å². The van der Waals surface area contributed by atoms with Crippen molar-refractivity contribution in [3.63, 3.8) is 0 Å². The van der Waals surface area contributed by atoms with Crippen LogP contribution in [0.15, 0.2) is 0 Å². The first-order valence-corrected chi connectivity index (χ1v) is 6.00. The van der Waals surface area contributed by atoms with Gasteiger partial charge in [-0.15, -0.1) is 0 Å². The van der Waals surface area contributed by atoms with Crippen LogP contribution in [-0.4, -0.2) is 54.0 Å². The summed E-state index contributed by atoms with van der Waals surface area (Å²) in [6.45, 7) is 4.11. The van der Waals surface area contributed by atoms with Crippen LogP contribution in [-0.2, 0) is 4.74 Å².